The normalized spacial score (nSPS) is 18.5. The summed E-state index contributed by atoms with van der Waals surface area (Å²) in [5.41, 5.74) is 4.06. The Bertz CT molecular complexity index is 848. The molecule has 1 heteroatoms. The third-order valence-corrected chi connectivity index (χ3v) is 5.91. The van der Waals surface area contributed by atoms with Gasteiger partial charge in [-0.25, -0.2) is 0 Å². The van der Waals surface area contributed by atoms with Crippen molar-refractivity contribution >= 4 is 0 Å². The lowest BCUT2D eigenvalue weighted by molar-refractivity contribution is 0.254. The summed E-state index contributed by atoms with van der Waals surface area (Å²) < 4.78 is 0. The Hall–Kier alpha value is -2.77. The first-order valence-electron chi connectivity index (χ1n) is 10.5. The molecule has 1 aliphatic rings. The fourth-order valence-corrected chi connectivity index (χ4v) is 4.06. The van der Waals surface area contributed by atoms with Crippen LogP contribution in [0.3, 0.4) is 0 Å². The van der Waals surface area contributed by atoms with Crippen molar-refractivity contribution in [1.29, 1.82) is 5.26 Å². The van der Waals surface area contributed by atoms with E-state index in [4.69, 9.17) is 5.26 Å². The summed E-state index contributed by atoms with van der Waals surface area (Å²) in [5, 5.41) is 8.84. The average Bonchev–Trinajstić information content (AvgIpc) is 2.76. The molecule has 1 fully saturated rings. The highest BCUT2D eigenvalue weighted by Gasteiger charge is 2.20. The second-order valence-electron chi connectivity index (χ2n) is 7.93. The van der Waals surface area contributed by atoms with Crippen LogP contribution in [0, 0.1) is 35.0 Å². The van der Waals surface area contributed by atoms with Gasteiger partial charge in [0.25, 0.3) is 0 Å². The molecule has 28 heavy (non-hydrogen) atoms. The molecular weight excluding hydrogens is 338 g/mol. The number of benzene rings is 2. The van der Waals surface area contributed by atoms with Crippen molar-refractivity contribution in [3.63, 3.8) is 0 Å². The fraction of sp³-hybridized carbons (Fsp3) is 0.370. The predicted molar refractivity (Wildman–Crippen MR) is 117 cm³/mol. The number of allylic oxidation sites excluding steroid dienone is 1. The van der Waals surface area contributed by atoms with Gasteiger partial charge in [-0.05, 0) is 79.5 Å². The quantitative estimate of drug-likeness (QED) is 0.413. The molecule has 3 rings (SSSR count). The zero-order valence-electron chi connectivity index (χ0n) is 16.7. The van der Waals surface area contributed by atoms with E-state index in [2.05, 4.69) is 54.8 Å². The van der Waals surface area contributed by atoms with Gasteiger partial charge in [0.15, 0.2) is 0 Å². The van der Waals surface area contributed by atoms with Crippen LogP contribution in [-0.4, -0.2) is 0 Å². The van der Waals surface area contributed by atoms with E-state index in [0.717, 1.165) is 23.0 Å². The number of aryl methyl sites for hydroxylation is 1. The molecule has 2 aromatic rings. The first kappa shape index (κ1) is 20.0. The molecule has 0 amide bonds. The second kappa shape index (κ2) is 10.5. The number of rotatable bonds is 6. The molecule has 0 saturated heterocycles. The molecule has 1 nitrogen and oxygen atoms in total. The lowest BCUT2D eigenvalue weighted by atomic mass is 9.78. The van der Waals surface area contributed by atoms with Gasteiger partial charge in [0, 0.05) is 11.1 Å². The number of hydrogen-bond acceptors (Lipinski definition) is 1. The van der Waals surface area contributed by atoms with Crippen molar-refractivity contribution in [3.05, 3.63) is 83.4 Å². The van der Waals surface area contributed by atoms with Crippen molar-refractivity contribution in [2.45, 2.75) is 51.4 Å². The molecule has 0 N–H and O–H groups in total. The Kier molecular flexibility index (Phi) is 7.52. The summed E-state index contributed by atoms with van der Waals surface area (Å²) in [4.78, 5) is 0. The lowest BCUT2D eigenvalue weighted by Crippen LogP contribution is -2.15. The van der Waals surface area contributed by atoms with Crippen LogP contribution in [-0.2, 0) is 6.42 Å². The van der Waals surface area contributed by atoms with Crippen molar-refractivity contribution in [2.75, 3.05) is 0 Å². The van der Waals surface area contributed by atoms with Gasteiger partial charge in [0.2, 0.25) is 0 Å². The molecule has 1 aliphatic carbocycles. The van der Waals surface area contributed by atoms with Crippen molar-refractivity contribution in [3.8, 4) is 17.9 Å². The zero-order valence-corrected chi connectivity index (χ0v) is 16.7. The van der Waals surface area contributed by atoms with Crippen LogP contribution in [0.4, 0.5) is 0 Å². The zero-order chi connectivity index (χ0) is 19.6. The molecule has 2 aromatic carbocycles. The van der Waals surface area contributed by atoms with E-state index in [1.165, 1.54) is 56.9 Å². The SMILES string of the molecule is C=CCC[C@H]1CC[C@H](CCc2ccc(C#Cc3ccc(C#N)cc3)cc2)CC1. The smallest absolute Gasteiger partial charge is 0.0991 e. The van der Waals surface area contributed by atoms with E-state index >= 15 is 0 Å². The molecule has 0 unspecified atom stereocenters. The van der Waals surface area contributed by atoms with Gasteiger partial charge < -0.3 is 0 Å². The Balaban J connectivity index is 1.45. The molecule has 0 spiro atoms. The second-order valence-corrected chi connectivity index (χ2v) is 7.93. The van der Waals surface area contributed by atoms with Gasteiger partial charge in [-0.15, -0.1) is 6.58 Å². The fourth-order valence-electron chi connectivity index (χ4n) is 4.06. The topological polar surface area (TPSA) is 23.8 Å². The van der Waals surface area contributed by atoms with E-state index in [1.54, 1.807) is 12.1 Å². The molecular formula is C27H29N. The van der Waals surface area contributed by atoms with E-state index in [9.17, 15) is 0 Å². The molecule has 0 aliphatic heterocycles. The van der Waals surface area contributed by atoms with Crippen LogP contribution < -0.4 is 0 Å². The van der Waals surface area contributed by atoms with Crippen molar-refractivity contribution < 1.29 is 0 Å². The van der Waals surface area contributed by atoms with E-state index < -0.39 is 0 Å². The van der Waals surface area contributed by atoms with Crippen molar-refractivity contribution in [2.24, 2.45) is 11.8 Å². The minimum atomic E-state index is 0.667. The van der Waals surface area contributed by atoms with E-state index in [1.807, 2.05) is 12.1 Å². The molecule has 0 aromatic heterocycles. The molecule has 0 radical (unpaired) electrons. The van der Waals surface area contributed by atoms with E-state index in [-0.39, 0.29) is 0 Å². The maximum absolute atomic E-state index is 8.84. The third kappa shape index (κ3) is 6.14. The molecule has 0 bridgehead atoms. The van der Waals surface area contributed by atoms with Crippen LogP contribution in [0.25, 0.3) is 0 Å². The Morgan fingerprint density at radius 1 is 0.786 bits per heavy atom. The summed E-state index contributed by atoms with van der Waals surface area (Å²) >= 11 is 0. The summed E-state index contributed by atoms with van der Waals surface area (Å²) in [6.45, 7) is 3.84. The van der Waals surface area contributed by atoms with Crippen LogP contribution in [0.15, 0.2) is 61.2 Å². The Morgan fingerprint density at radius 3 is 1.82 bits per heavy atom. The summed E-state index contributed by atoms with van der Waals surface area (Å²) in [5.74, 6) is 8.21. The van der Waals surface area contributed by atoms with Crippen molar-refractivity contribution in [1.82, 2.24) is 0 Å². The van der Waals surface area contributed by atoms with Gasteiger partial charge in [-0.3, -0.25) is 0 Å². The molecule has 0 atom stereocenters. The highest BCUT2D eigenvalue weighted by atomic mass is 14.3. The maximum Gasteiger partial charge on any atom is 0.0991 e. The summed E-state index contributed by atoms with van der Waals surface area (Å²) in [6, 6.07) is 18.2. The average molecular weight is 368 g/mol. The highest BCUT2D eigenvalue weighted by molar-refractivity contribution is 5.45. The number of nitriles is 1. The van der Waals surface area contributed by atoms with Crippen LogP contribution in [0.5, 0.6) is 0 Å². The standard InChI is InChI=1S/C27H29N/c1-2-3-4-22-5-7-23(8-6-22)9-10-24-11-13-25(14-12-24)15-16-26-17-19-27(21-28)20-18-26/h2,11-14,17-20,22-23H,1,3-10H2/t22-,23-. The van der Waals surface area contributed by atoms with E-state index in [0.29, 0.717) is 5.56 Å². The minimum Gasteiger partial charge on any atom is -0.192 e. The van der Waals surface area contributed by atoms with Gasteiger partial charge >= 0.3 is 0 Å². The first-order chi connectivity index (χ1) is 13.8. The number of nitrogens with zero attached hydrogens (tertiary/aromatic N) is 1. The van der Waals surface area contributed by atoms with Gasteiger partial charge in [-0.1, -0.05) is 55.7 Å². The van der Waals surface area contributed by atoms with Gasteiger partial charge in [0.1, 0.15) is 0 Å². The monoisotopic (exact) mass is 367 g/mol. The Labute approximate surface area is 170 Å². The molecule has 142 valence electrons. The van der Waals surface area contributed by atoms with Crippen LogP contribution >= 0.6 is 0 Å². The van der Waals surface area contributed by atoms with Gasteiger partial charge in [-0.2, -0.15) is 5.26 Å². The highest BCUT2D eigenvalue weighted by Crippen LogP contribution is 2.33. The molecule has 1 saturated carbocycles. The van der Waals surface area contributed by atoms with Crippen LogP contribution in [0.1, 0.15) is 67.2 Å². The minimum absolute atomic E-state index is 0.667. The lowest BCUT2D eigenvalue weighted by Gasteiger charge is -2.28. The number of hydrogen-bond donors (Lipinski definition) is 0. The summed E-state index contributed by atoms with van der Waals surface area (Å²) in [7, 11) is 0. The largest absolute Gasteiger partial charge is 0.192 e. The summed E-state index contributed by atoms with van der Waals surface area (Å²) in [6.07, 6.45) is 12.7. The van der Waals surface area contributed by atoms with Gasteiger partial charge in [0.05, 0.1) is 11.6 Å². The first-order valence-corrected chi connectivity index (χ1v) is 10.5. The maximum atomic E-state index is 8.84. The third-order valence-electron chi connectivity index (χ3n) is 5.91. The molecule has 0 heterocycles. The van der Waals surface area contributed by atoms with Crippen LogP contribution in [0.2, 0.25) is 0 Å². The Morgan fingerprint density at radius 2 is 1.29 bits per heavy atom. The predicted octanol–water partition coefficient (Wildman–Crippen LogP) is 6.66.